The normalized spacial score (nSPS) is 23.2. The van der Waals surface area contributed by atoms with E-state index in [1.54, 1.807) is 24.3 Å². The van der Waals surface area contributed by atoms with Crippen molar-refractivity contribution in [3.63, 3.8) is 0 Å². The van der Waals surface area contributed by atoms with Crippen LogP contribution in [-0.2, 0) is 9.53 Å². The van der Waals surface area contributed by atoms with Crippen molar-refractivity contribution in [3.8, 4) is 28.3 Å². The number of carbonyl (C=O) groups is 1. The number of halogens is 2. The molecule has 1 unspecified atom stereocenters. The lowest BCUT2D eigenvalue weighted by Crippen LogP contribution is -2.45. The number of rotatable bonds is 6. The molecule has 2 aliphatic rings. The highest BCUT2D eigenvalue weighted by Crippen LogP contribution is 2.34. The van der Waals surface area contributed by atoms with Crippen molar-refractivity contribution in [2.75, 3.05) is 19.8 Å². The number of aromatic amines is 1. The van der Waals surface area contributed by atoms with Gasteiger partial charge >= 0.3 is 0 Å². The van der Waals surface area contributed by atoms with E-state index in [0.717, 1.165) is 23.1 Å². The summed E-state index contributed by atoms with van der Waals surface area (Å²) in [6, 6.07) is 15.8. The number of aliphatic hydroxyl groups is 2. The Morgan fingerprint density at radius 1 is 1.05 bits per heavy atom. The molecule has 10 heteroatoms. The van der Waals surface area contributed by atoms with Crippen LogP contribution in [-0.4, -0.2) is 64.2 Å². The third kappa shape index (κ3) is 4.87. The van der Waals surface area contributed by atoms with Gasteiger partial charge in [0.1, 0.15) is 23.5 Å². The van der Waals surface area contributed by atoms with Crippen LogP contribution in [0, 0.1) is 11.6 Å². The molecular weight excluding hydrogens is 508 g/mol. The minimum absolute atomic E-state index is 0.0161. The third-order valence-corrected chi connectivity index (χ3v) is 7.40. The highest BCUT2D eigenvalue weighted by Gasteiger charge is 2.31. The summed E-state index contributed by atoms with van der Waals surface area (Å²) in [7, 11) is 0. The average molecular weight is 536 g/mol. The maximum absolute atomic E-state index is 15.5. The first-order chi connectivity index (χ1) is 18.9. The van der Waals surface area contributed by atoms with Crippen LogP contribution < -0.4 is 10.1 Å². The van der Waals surface area contributed by atoms with E-state index in [9.17, 15) is 15.0 Å². The van der Waals surface area contributed by atoms with Crippen LogP contribution in [0.2, 0.25) is 0 Å². The zero-order valence-electron chi connectivity index (χ0n) is 20.9. The molecule has 39 heavy (non-hydrogen) atoms. The van der Waals surface area contributed by atoms with Gasteiger partial charge in [-0.15, -0.1) is 0 Å². The Balaban J connectivity index is 1.22. The summed E-state index contributed by atoms with van der Waals surface area (Å²) in [6.07, 6.45) is -1.17. The van der Waals surface area contributed by atoms with Crippen LogP contribution >= 0.6 is 0 Å². The van der Waals surface area contributed by atoms with Gasteiger partial charge in [-0.3, -0.25) is 4.79 Å². The summed E-state index contributed by atoms with van der Waals surface area (Å²) in [6.45, 7) is 0.496. The number of ether oxygens (including phenoxy) is 2. The number of nitrogens with zero attached hydrogens (tertiary/aromatic N) is 1. The number of fused-ring (bicyclic) bond motifs is 1. The molecule has 4 aromatic rings. The van der Waals surface area contributed by atoms with Gasteiger partial charge in [-0.25, -0.2) is 8.78 Å². The van der Waals surface area contributed by atoms with Crippen LogP contribution in [0.4, 0.5) is 8.78 Å². The minimum atomic E-state index is -0.909. The van der Waals surface area contributed by atoms with E-state index in [1.807, 2.05) is 24.3 Å². The molecule has 0 bridgehead atoms. The monoisotopic (exact) mass is 535 g/mol. The van der Waals surface area contributed by atoms with Gasteiger partial charge in [-0.1, -0.05) is 48.5 Å². The van der Waals surface area contributed by atoms with E-state index >= 15 is 8.78 Å². The van der Waals surface area contributed by atoms with Crippen molar-refractivity contribution in [3.05, 3.63) is 71.8 Å². The van der Waals surface area contributed by atoms with Gasteiger partial charge in [0, 0.05) is 19.0 Å². The van der Waals surface area contributed by atoms with Crippen molar-refractivity contribution in [1.29, 1.82) is 0 Å². The number of aromatic nitrogens is 2. The summed E-state index contributed by atoms with van der Waals surface area (Å²) in [4.78, 5) is 18.9. The maximum Gasteiger partial charge on any atom is 0.295 e. The highest BCUT2D eigenvalue weighted by atomic mass is 19.1. The van der Waals surface area contributed by atoms with E-state index in [2.05, 4.69) is 15.3 Å². The number of H-pyrrole nitrogens is 1. The molecule has 6 rings (SSSR count). The van der Waals surface area contributed by atoms with Crippen LogP contribution in [0.5, 0.6) is 6.01 Å². The predicted octanol–water partition coefficient (Wildman–Crippen LogP) is 3.67. The molecule has 0 aliphatic carbocycles. The Bertz CT molecular complexity index is 1510. The fraction of sp³-hybridized carbons (Fsp3) is 0.310. The fourth-order valence-corrected chi connectivity index (χ4v) is 5.27. The summed E-state index contributed by atoms with van der Waals surface area (Å²) >= 11 is 0. The van der Waals surface area contributed by atoms with Crippen molar-refractivity contribution in [2.45, 2.75) is 37.1 Å². The van der Waals surface area contributed by atoms with Crippen molar-refractivity contribution >= 4 is 16.9 Å². The van der Waals surface area contributed by atoms with E-state index in [0.29, 0.717) is 12.1 Å². The number of aliphatic hydroxyl groups excluding tert-OH is 2. The van der Waals surface area contributed by atoms with Crippen LogP contribution in [0.15, 0.2) is 54.6 Å². The molecule has 3 aromatic carbocycles. The van der Waals surface area contributed by atoms with Gasteiger partial charge in [-0.05, 0) is 28.7 Å². The second-order valence-corrected chi connectivity index (χ2v) is 9.91. The van der Waals surface area contributed by atoms with Gasteiger partial charge in [0.15, 0.2) is 5.82 Å². The predicted molar refractivity (Wildman–Crippen MR) is 139 cm³/mol. The number of amides is 1. The van der Waals surface area contributed by atoms with Crippen molar-refractivity contribution in [2.24, 2.45) is 0 Å². The molecule has 2 fully saturated rings. The molecule has 202 valence electrons. The van der Waals surface area contributed by atoms with Gasteiger partial charge in [0.2, 0.25) is 5.91 Å². The van der Waals surface area contributed by atoms with Gasteiger partial charge in [-0.2, -0.15) is 4.98 Å². The molecule has 4 N–H and O–H groups in total. The molecule has 4 atom stereocenters. The lowest BCUT2D eigenvalue weighted by Gasteiger charge is -2.31. The summed E-state index contributed by atoms with van der Waals surface area (Å²) in [5.41, 5.74) is 3.00. The molecule has 8 nitrogen and oxygen atoms in total. The first-order valence-electron chi connectivity index (χ1n) is 12.8. The molecule has 0 radical (unpaired) electrons. The zero-order chi connectivity index (χ0) is 27.1. The highest BCUT2D eigenvalue weighted by molar-refractivity contribution is 5.86. The molecule has 1 aromatic heterocycles. The van der Waals surface area contributed by atoms with E-state index in [4.69, 9.17) is 9.47 Å². The lowest BCUT2D eigenvalue weighted by atomic mass is 9.94. The van der Waals surface area contributed by atoms with Crippen LogP contribution in [0.25, 0.3) is 33.3 Å². The summed E-state index contributed by atoms with van der Waals surface area (Å²) in [5.74, 6) is -1.65. The van der Waals surface area contributed by atoms with Gasteiger partial charge in [0.05, 0.1) is 36.3 Å². The Labute approximate surface area is 222 Å². The zero-order valence-corrected chi connectivity index (χ0v) is 20.9. The lowest BCUT2D eigenvalue weighted by molar-refractivity contribution is -0.131. The smallest absolute Gasteiger partial charge is 0.295 e. The Morgan fingerprint density at radius 3 is 2.38 bits per heavy atom. The number of carbonyl (C=O) groups excluding carboxylic acids is 1. The molecule has 0 saturated carbocycles. The van der Waals surface area contributed by atoms with Gasteiger partial charge < -0.3 is 30.0 Å². The largest absolute Gasteiger partial charge is 0.459 e. The number of hydrogen-bond acceptors (Lipinski definition) is 6. The summed E-state index contributed by atoms with van der Waals surface area (Å²) in [5, 5.41) is 22.1. The molecule has 2 aliphatic heterocycles. The SMILES string of the molecule is O=C1NCCC1c1ccc(-c2ccc(-c3c(F)cc4[nH]c(O[C@H]5CO[C@H](CO)[C@@H](O)C5)nc4c3F)cc2)cc1. The number of hydrogen-bond donors (Lipinski definition) is 4. The summed E-state index contributed by atoms with van der Waals surface area (Å²) < 4.78 is 41.7. The number of imidazole rings is 1. The first kappa shape index (κ1) is 25.4. The van der Waals surface area contributed by atoms with Crippen LogP contribution in [0.1, 0.15) is 24.3 Å². The molecule has 0 spiro atoms. The fourth-order valence-electron chi connectivity index (χ4n) is 5.27. The molecule has 2 saturated heterocycles. The van der Waals surface area contributed by atoms with Gasteiger partial charge in [0.25, 0.3) is 6.01 Å². The number of nitrogens with one attached hydrogen (secondary N) is 2. The van der Waals surface area contributed by atoms with Crippen LogP contribution in [0.3, 0.4) is 0 Å². The quantitative estimate of drug-likeness (QED) is 0.300. The van der Waals surface area contributed by atoms with Crippen molar-refractivity contribution < 1.29 is 33.3 Å². The molecule has 3 heterocycles. The van der Waals surface area contributed by atoms with E-state index in [1.165, 1.54) is 6.07 Å². The minimum Gasteiger partial charge on any atom is -0.459 e. The Morgan fingerprint density at radius 2 is 1.74 bits per heavy atom. The third-order valence-electron chi connectivity index (χ3n) is 7.40. The maximum atomic E-state index is 15.5. The molecule has 1 amide bonds. The second kappa shape index (κ2) is 10.4. The Hall–Kier alpha value is -3.86. The Kier molecular flexibility index (Phi) is 6.76. The number of benzene rings is 3. The average Bonchev–Trinajstić information content (AvgIpc) is 3.55. The first-order valence-corrected chi connectivity index (χ1v) is 12.8. The standard InChI is InChI=1S/C29H27F2N3O5/c30-21-12-22-27(34-29(33-22)39-19-11-23(36)24(13-35)38-14-19)26(31)25(21)18-7-3-16(4-8-18)15-1-5-17(6-2-15)20-9-10-32-28(20)37/h1-8,12,19-20,23-24,35-36H,9-11,13-14H2,(H,32,37)(H,33,34)/t19-,20?,23+,24-/m1/s1. The van der Waals surface area contributed by atoms with E-state index < -0.39 is 29.9 Å². The van der Waals surface area contributed by atoms with Crippen molar-refractivity contribution in [1.82, 2.24) is 15.3 Å². The topological polar surface area (TPSA) is 117 Å². The second-order valence-electron chi connectivity index (χ2n) is 9.91. The molecular formula is C29H27F2N3O5. The van der Waals surface area contributed by atoms with E-state index in [-0.39, 0.29) is 54.1 Å².